The van der Waals surface area contributed by atoms with Crippen LogP contribution in [-0.2, 0) is 13.3 Å². The Kier molecular flexibility index (Phi) is 39.2. The highest BCUT2D eigenvalue weighted by molar-refractivity contribution is 6.60. The second-order valence-corrected chi connectivity index (χ2v) is 16.8. The SMILES string of the molecule is CCO[Si](CCCCCCCCCCCCCCCCCCCCCCCCCCCCCCCCCCCl)(OCC)OCC. The molecule has 0 fully saturated rings. The standard InChI is InChI=1S/C40H83ClO3Si/c1-4-42-45(43-5-2,44-6-3)40-38-36-34-32-30-28-26-24-22-20-18-16-14-12-10-8-7-9-11-13-15-17-19-21-23-25-27-29-31-33-35-37-39-41/h4-40H2,1-3H3. The molecule has 0 N–H and O–H groups in total. The van der Waals surface area contributed by atoms with Crippen molar-refractivity contribution >= 4 is 20.4 Å². The first-order valence-electron chi connectivity index (χ1n) is 20.7. The van der Waals surface area contributed by atoms with Crippen LogP contribution < -0.4 is 0 Å². The molecular formula is C40H83ClO3Si. The molecule has 5 heteroatoms. The molecule has 0 aliphatic rings. The topological polar surface area (TPSA) is 27.7 Å². The molecule has 0 unspecified atom stereocenters. The van der Waals surface area contributed by atoms with Gasteiger partial charge < -0.3 is 13.3 Å². The molecule has 0 rings (SSSR count). The summed E-state index contributed by atoms with van der Waals surface area (Å²) in [5.41, 5.74) is 0. The van der Waals surface area contributed by atoms with Crippen molar-refractivity contribution in [1.82, 2.24) is 0 Å². The van der Waals surface area contributed by atoms with Crippen LogP contribution in [0, 0.1) is 0 Å². The molecule has 0 atom stereocenters. The molecule has 0 aromatic heterocycles. The van der Waals surface area contributed by atoms with Crippen molar-refractivity contribution in [1.29, 1.82) is 0 Å². The molecule has 0 spiro atoms. The first-order valence-corrected chi connectivity index (χ1v) is 23.2. The molecule has 0 radical (unpaired) electrons. The van der Waals surface area contributed by atoms with E-state index < -0.39 is 8.80 Å². The minimum atomic E-state index is -2.42. The van der Waals surface area contributed by atoms with E-state index in [0.717, 1.165) is 11.9 Å². The van der Waals surface area contributed by atoms with Crippen molar-refractivity contribution in [3.8, 4) is 0 Å². The quantitative estimate of drug-likeness (QED) is 0.0368. The summed E-state index contributed by atoms with van der Waals surface area (Å²) in [5, 5.41) is 0. The average molecular weight is 676 g/mol. The lowest BCUT2D eigenvalue weighted by atomic mass is 10.0. The summed E-state index contributed by atoms with van der Waals surface area (Å²) in [6, 6.07) is 0.973. The number of unbranched alkanes of at least 4 members (excludes halogenated alkanes) is 31. The third-order valence-corrected chi connectivity index (χ3v) is 12.9. The van der Waals surface area contributed by atoms with E-state index in [4.69, 9.17) is 24.9 Å². The fourth-order valence-electron chi connectivity index (χ4n) is 6.74. The van der Waals surface area contributed by atoms with Gasteiger partial charge >= 0.3 is 8.80 Å². The van der Waals surface area contributed by atoms with Gasteiger partial charge in [0.2, 0.25) is 0 Å². The van der Waals surface area contributed by atoms with E-state index >= 15 is 0 Å². The number of hydrogen-bond donors (Lipinski definition) is 0. The van der Waals surface area contributed by atoms with Gasteiger partial charge in [-0.15, -0.1) is 11.6 Å². The van der Waals surface area contributed by atoms with Crippen LogP contribution in [0.2, 0.25) is 6.04 Å². The zero-order chi connectivity index (χ0) is 32.8. The maximum Gasteiger partial charge on any atom is 0.500 e. The van der Waals surface area contributed by atoms with Gasteiger partial charge in [-0.2, -0.15) is 0 Å². The van der Waals surface area contributed by atoms with Gasteiger partial charge in [0, 0.05) is 31.7 Å². The zero-order valence-corrected chi connectivity index (χ0v) is 33.0. The minimum absolute atomic E-state index is 0.685. The molecule has 0 saturated carbocycles. The molecule has 0 aromatic carbocycles. The Balaban J connectivity index is 3.22. The first kappa shape index (κ1) is 45.4. The summed E-state index contributed by atoms with van der Waals surface area (Å²) in [4.78, 5) is 0. The van der Waals surface area contributed by atoms with Crippen molar-refractivity contribution in [3.63, 3.8) is 0 Å². The monoisotopic (exact) mass is 675 g/mol. The van der Waals surface area contributed by atoms with Gasteiger partial charge in [-0.1, -0.05) is 193 Å². The normalized spacial score (nSPS) is 12.0. The minimum Gasteiger partial charge on any atom is -0.374 e. The van der Waals surface area contributed by atoms with Gasteiger partial charge in [0.05, 0.1) is 0 Å². The van der Waals surface area contributed by atoms with Crippen LogP contribution in [0.25, 0.3) is 0 Å². The van der Waals surface area contributed by atoms with Crippen molar-refractivity contribution < 1.29 is 13.3 Å². The second kappa shape index (κ2) is 38.8. The molecule has 0 saturated heterocycles. The smallest absolute Gasteiger partial charge is 0.374 e. The van der Waals surface area contributed by atoms with Crippen molar-refractivity contribution in [2.75, 3.05) is 25.7 Å². The van der Waals surface area contributed by atoms with Crippen molar-refractivity contribution in [3.05, 3.63) is 0 Å². The van der Waals surface area contributed by atoms with Crippen LogP contribution in [0.5, 0.6) is 0 Å². The lowest BCUT2D eigenvalue weighted by Crippen LogP contribution is -2.45. The number of hydrogen-bond acceptors (Lipinski definition) is 3. The second-order valence-electron chi connectivity index (χ2n) is 13.7. The van der Waals surface area contributed by atoms with Crippen LogP contribution in [0.15, 0.2) is 0 Å². The van der Waals surface area contributed by atoms with Crippen molar-refractivity contribution in [2.45, 2.75) is 232 Å². The highest BCUT2D eigenvalue weighted by Crippen LogP contribution is 2.21. The lowest BCUT2D eigenvalue weighted by Gasteiger charge is -2.28. The summed E-state index contributed by atoms with van der Waals surface area (Å²) >= 11 is 5.74. The Labute approximate surface area is 290 Å². The predicted octanol–water partition coefficient (Wildman–Crippen LogP) is 14.8. The van der Waals surface area contributed by atoms with Crippen LogP contribution >= 0.6 is 11.6 Å². The zero-order valence-electron chi connectivity index (χ0n) is 31.3. The van der Waals surface area contributed by atoms with E-state index in [2.05, 4.69) is 0 Å². The molecule has 0 aromatic rings. The van der Waals surface area contributed by atoms with Crippen LogP contribution in [0.4, 0.5) is 0 Å². The number of alkyl halides is 1. The molecular weight excluding hydrogens is 592 g/mol. The van der Waals surface area contributed by atoms with E-state index in [1.807, 2.05) is 20.8 Å². The van der Waals surface area contributed by atoms with Gasteiger partial charge in [0.1, 0.15) is 0 Å². The van der Waals surface area contributed by atoms with E-state index in [1.165, 1.54) is 205 Å². The third-order valence-electron chi connectivity index (χ3n) is 9.46. The van der Waals surface area contributed by atoms with Gasteiger partial charge in [-0.05, 0) is 33.6 Å². The van der Waals surface area contributed by atoms with E-state index in [-0.39, 0.29) is 0 Å². The Morgan fingerprint density at radius 3 is 0.644 bits per heavy atom. The molecule has 0 amide bonds. The molecule has 0 bridgehead atoms. The maximum atomic E-state index is 5.97. The van der Waals surface area contributed by atoms with Gasteiger partial charge in [-0.3, -0.25) is 0 Å². The van der Waals surface area contributed by atoms with Crippen LogP contribution in [0.1, 0.15) is 226 Å². The maximum absolute atomic E-state index is 5.97. The van der Waals surface area contributed by atoms with Crippen molar-refractivity contribution in [2.24, 2.45) is 0 Å². The molecule has 45 heavy (non-hydrogen) atoms. The average Bonchev–Trinajstić information content (AvgIpc) is 3.03. The summed E-state index contributed by atoms with van der Waals surface area (Å²) in [6.45, 7) is 8.19. The summed E-state index contributed by atoms with van der Waals surface area (Å²) < 4.78 is 17.9. The van der Waals surface area contributed by atoms with E-state index in [0.29, 0.717) is 19.8 Å². The summed E-state index contributed by atoms with van der Waals surface area (Å²) in [6.07, 6.45) is 45.6. The van der Waals surface area contributed by atoms with Crippen LogP contribution in [0.3, 0.4) is 0 Å². The van der Waals surface area contributed by atoms with Crippen LogP contribution in [-0.4, -0.2) is 34.5 Å². The number of rotatable bonds is 40. The summed E-state index contributed by atoms with van der Waals surface area (Å²) in [7, 11) is -2.42. The predicted molar refractivity (Wildman–Crippen MR) is 204 cm³/mol. The molecule has 0 aliphatic heterocycles. The Hall–Kier alpha value is 0.387. The fraction of sp³-hybridized carbons (Fsp3) is 1.00. The molecule has 3 nitrogen and oxygen atoms in total. The Bertz CT molecular complexity index is 519. The largest absolute Gasteiger partial charge is 0.500 e. The highest BCUT2D eigenvalue weighted by atomic mass is 35.5. The summed E-state index contributed by atoms with van der Waals surface area (Å²) in [5.74, 6) is 0.842. The third kappa shape index (κ3) is 34.1. The van der Waals surface area contributed by atoms with Gasteiger partial charge in [-0.25, -0.2) is 0 Å². The van der Waals surface area contributed by atoms with Gasteiger partial charge in [0.25, 0.3) is 0 Å². The number of halogens is 1. The molecule has 0 heterocycles. The molecule has 0 aliphatic carbocycles. The molecule has 272 valence electrons. The van der Waals surface area contributed by atoms with E-state index in [9.17, 15) is 0 Å². The highest BCUT2D eigenvalue weighted by Gasteiger charge is 2.39. The fourth-order valence-corrected chi connectivity index (χ4v) is 9.62. The lowest BCUT2D eigenvalue weighted by molar-refractivity contribution is 0.0706. The first-order chi connectivity index (χ1) is 22.2. The Morgan fingerprint density at radius 2 is 0.467 bits per heavy atom. The van der Waals surface area contributed by atoms with E-state index in [1.54, 1.807) is 0 Å². The van der Waals surface area contributed by atoms with Gasteiger partial charge in [0.15, 0.2) is 0 Å². The Morgan fingerprint density at radius 1 is 0.289 bits per heavy atom.